The van der Waals surface area contributed by atoms with Crippen LogP contribution in [0.25, 0.3) is 0 Å². The second kappa shape index (κ2) is 4.79. The van der Waals surface area contributed by atoms with Crippen molar-refractivity contribution in [1.82, 2.24) is 14.3 Å². The smallest absolute Gasteiger partial charge is 0.251 e. The van der Waals surface area contributed by atoms with Crippen molar-refractivity contribution in [3.63, 3.8) is 0 Å². The predicted molar refractivity (Wildman–Crippen MR) is 63.7 cm³/mol. The third-order valence-corrected chi connectivity index (χ3v) is 3.42. The summed E-state index contributed by atoms with van der Waals surface area (Å²) in [7, 11) is 1.51. The summed E-state index contributed by atoms with van der Waals surface area (Å²) in [4.78, 5) is 28.5. The number of likely N-dealkylation sites (tertiary alicyclic amines) is 1. The van der Waals surface area contributed by atoms with E-state index in [1.54, 1.807) is 0 Å². The highest BCUT2D eigenvalue weighted by atomic mass is 32.1. The van der Waals surface area contributed by atoms with E-state index in [-0.39, 0.29) is 17.9 Å². The lowest BCUT2D eigenvalue weighted by Gasteiger charge is -2.27. The molecule has 1 N–H and O–H groups in total. The van der Waals surface area contributed by atoms with Crippen LogP contribution in [0, 0.1) is 0 Å². The molecule has 1 saturated heterocycles. The van der Waals surface area contributed by atoms with E-state index in [1.807, 2.05) is 6.92 Å². The molecule has 1 atom stereocenters. The van der Waals surface area contributed by atoms with E-state index in [1.165, 1.54) is 23.5 Å². The topological polar surface area (TPSA) is 75.2 Å². The van der Waals surface area contributed by atoms with Gasteiger partial charge in [-0.25, -0.2) is 4.98 Å². The van der Waals surface area contributed by atoms with Crippen LogP contribution in [0.1, 0.15) is 25.6 Å². The fourth-order valence-corrected chi connectivity index (χ4v) is 2.36. The van der Waals surface area contributed by atoms with Crippen LogP contribution in [-0.2, 0) is 16.0 Å². The van der Waals surface area contributed by atoms with Crippen LogP contribution in [0.5, 0.6) is 0 Å². The number of carbonyl (C=O) groups excluding carboxylic acids is 2. The molecule has 0 saturated carbocycles. The molecule has 1 aliphatic rings. The number of piperidine rings is 1. The summed E-state index contributed by atoms with van der Waals surface area (Å²) in [5.41, 5.74) is 0. The van der Waals surface area contributed by atoms with Gasteiger partial charge in [0.05, 0.1) is 0 Å². The molecule has 0 radical (unpaired) electrons. The molecule has 1 aromatic heterocycles. The van der Waals surface area contributed by atoms with Gasteiger partial charge in [-0.3, -0.25) is 14.5 Å². The van der Waals surface area contributed by atoms with Gasteiger partial charge in [-0.2, -0.15) is 4.37 Å². The fourth-order valence-electron chi connectivity index (χ4n) is 1.65. The molecule has 1 aliphatic heterocycles. The van der Waals surface area contributed by atoms with Crippen molar-refractivity contribution in [1.29, 1.82) is 0 Å². The SMILES string of the molecule is CCc1nsc(N[C@H]2CCC(=O)N(C)C2=O)n1. The zero-order valence-electron chi connectivity index (χ0n) is 9.77. The Bertz CT molecular complexity index is 445. The quantitative estimate of drug-likeness (QED) is 0.802. The number of anilines is 1. The third kappa shape index (κ3) is 2.44. The molecular formula is C10H14N4O2S. The van der Waals surface area contributed by atoms with E-state index >= 15 is 0 Å². The molecule has 0 aliphatic carbocycles. The molecule has 92 valence electrons. The first kappa shape index (κ1) is 12.0. The van der Waals surface area contributed by atoms with Crippen LogP contribution in [0.15, 0.2) is 0 Å². The number of hydrogen-bond acceptors (Lipinski definition) is 6. The average Bonchev–Trinajstić information content (AvgIpc) is 2.78. The number of nitrogens with zero attached hydrogens (tertiary/aromatic N) is 3. The van der Waals surface area contributed by atoms with E-state index in [9.17, 15) is 9.59 Å². The maximum atomic E-state index is 11.8. The largest absolute Gasteiger partial charge is 0.348 e. The van der Waals surface area contributed by atoms with Crippen molar-refractivity contribution in [2.24, 2.45) is 0 Å². The molecule has 1 fully saturated rings. The summed E-state index contributed by atoms with van der Waals surface area (Å²) in [5.74, 6) is 0.444. The standard InChI is InChI=1S/C10H14N4O2S/c1-3-7-12-10(17-13-7)11-6-4-5-8(15)14(2)9(6)16/h6H,3-5H2,1-2H3,(H,11,12,13)/t6-/m0/s1. The highest BCUT2D eigenvalue weighted by Crippen LogP contribution is 2.18. The van der Waals surface area contributed by atoms with Gasteiger partial charge in [-0.1, -0.05) is 6.92 Å². The summed E-state index contributed by atoms with van der Waals surface area (Å²) < 4.78 is 4.14. The van der Waals surface area contributed by atoms with Crippen LogP contribution in [0.3, 0.4) is 0 Å². The van der Waals surface area contributed by atoms with E-state index in [0.29, 0.717) is 18.0 Å². The number of carbonyl (C=O) groups is 2. The summed E-state index contributed by atoms with van der Waals surface area (Å²) in [6.45, 7) is 1.98. The summed E-state index contributed by atoms with van der Waals surface area (Å²) in [6.07, 6.45) is 1.68. The molecule has 0 unspecified atom stereocenters. The summed E-state index contributed by atoms with van der Waals surface area (Å²) in [6, 6.07) is -0.365. The molecule has 2 heterocycles. The fraction of sp³-hybridized carbons (Fsp3) is 0.600. The molecule has 2 amide bonds. The van der Waals surface area contributed by atoms with Gasteiger partial charge < -0.3 is 5.32 Å². The molecule has 17 heavy (non-hydrogen) atoms. The predicted octanol–water partition coefficient (Wildman–Crippen LogP) is 0.660. The molecule has 0 aromatic carbocycles. The normalized spacial score (nSPS) is 20.8. The number of rotatable bonds is 3. The first-order valence-electron chi connectivity index (χ1n) is 5.51. The number of amides is 2. The van der Waals surface area contributed by atoms with Gasteiger partial charge in [0, 0.05) is 31.4 Å². The maximum Gasteiger partial charge on any atom is 0.251 e. The van der Waals surface area contributed by atoms with Crippen molar-refractivity contribution in [3.8, 4) is 0 Å². The number of nitrogens with one attached hydrogen (secondary N) is 1. The number of aryl methyl sites for hydroxylation is 1. The van der Waals surface area contributed by atoms with Crippen LogP contribution < -0.4 is 5.32 Å². The summed E-state index contributed by atoms with van der Waals surface area (Å²) >= 11 is 1.24. The van der Waals surface area contributed by atoms with Gasteiger partial charge in [0.1, 0.15) is 11.9 Å². The third-order valence-electron chi connectivity index (χ3n) is 2.73. The van der Waals surface area contributed by atoms with E-state index in [4.69, 9.17) is 0 Å². The van der Waals surface area contributed by atoms with E-state index in [2.05, 4.69) is 14.7 Å². The molecule has 0 spiro atoms. The average molecular weight is 254 g/mol. The van der Waals surface area contributed by atoms with Crippen molar-refractivity contribution < 1.29 is 9.59 Å². The minimum Gasteiger partial charge on any atom is -0.348 e. The molecule has 1 aromatic rings. The van der Waals surface area contributed by atoms with Crippen molar-refractivity contribution in [2.45, 2.75) is 32.2 Å². The highest BCUT2D eigenvalue weighted by Gasteiger charge is 2.32. The Morgan fingerprint density at radius 3 is 2.94 bits per heavy atom. The Hall–Kier alpha value is -1.50. The van der Waals surface area contributed by atoms with Gasteiger partial charge in [0.25, 0.3) is 5.91 Å². The molecule has 0 bridgehead atoms. The number of likely N-dealkylation sites (N-methyl/N-ethyl adjacent to an activating group) is 1. The van der Waals surface area contributed by atoms with Crippen LogP contribution in [-0.4, -0.2) is 39.2 Å². The van der Waals surface area contributed by atoms with Crippen molar-refractivity contribution in [3.05, 3.63) is 5.82 Å². The minimum atomic E-state index is -0.365. The number of aromatic nitrogens is 2. The lowest BCUT2D eigenvalue weighted by Crippen LogP contribution is -2.48. The molecular weight excluding hydrogens is 240 g/mol. The lowest BCUT2D eigenvalue weighted by atomic mass is 10.1. The molecule has 2 rings (SSSR count). The van der Waals surface area contributed by atoms with E-state index in [0.717, 1.165) is 12.2 Å². The Balaban J connectivity index is 2.04. The van der Waals surface area contributed by atoms with Crippen LogP contribution in [0.4, 0.5) is 5.13 Å². The zero-order valence-corrected chi connectivity index (χ0v) is 10.6. The van der Waals surface area contributed by atoms with E-state index < -0.39 is 0 Å². The van der Waals surface area contributed by atoms with Gasteiger partial charge >= 0.3 is 0 Å². The number of imide groups is 1. The monoisotopic (exact) mass is 254 g/mol. The second-order valence-corrected chi connectivity index (χ2v) is 4.65. The number of hydrogen-bond donors (Lipinski definition) is 1. The van der Waals surface area contributed by atoms with Gasteiger partial charge in [0.2, 0.25) is 11.0 Å². The van der Waals surface area contributed by atoms with Gasteiger partial charge in [0.15, 0.2) is 0 Å². The zero-order chi connectivity index (χ0) is 12.4. The maximum absolute atomic E-state index is 11.8. The molecule has 6 nitrogen and oxygen atoms in total. The van der Waals surface area contributed by atoms with Gasteiger partial charge in [-0.15, -0.1) is 0 Å². The van der Waals surface area contributed by atoms with Crippen molar-refractivity contribution >= 4 is 28.5 Å². The van der Waals surface area contributed by atoms with Gasteiger partial charge in [-0.05, 0) is 6.42 Å². The summed E-state index contributed by atoms with van der Waals surface area (Å²) in [5, 5.41) is 3.68. The minimum absolute atomic E-state index is 0.125. The Morgan fingerprint density at radius 1 is 1.53 bits per heavy atom. The van der Waals surface area contributed by atoms with Crippen molar-refractivity contribution in [2.75, 3.05) is 12.4 Å². The highest BCUT2D eigenvalue weighted by molar-refractivity contribution is 7.09. The Morgan fingerprint density at radius 2 is 2.29 bits per heavy atom. The van der Waals surface area contributed by atoms with Crippen LogP contribution >= 0.6 is 11.5 Å². The first-order valence-corrected chi connectivity index (χ1v) is 6.28. The Labute approximate surface area is 103 Å². The van der Waals surface area contributed by atoms with Crippen LogP contribution in [0.2, 0.25) is 0 Å². The Kier molecular flexibility index (Phi) is 3.37. The second-order valence-electron chi connectivity index (χ2n) is 3.90. The molecule has 7 heteroatoms. The first-order chi connectivity index (χ1) is 8.11. The lowest BCUT2D eigenvalue weighted by molar-refractivity contribution is -0.146.